The Morgan fingerprint density at radius 1 is 1.28 bits per heavy atom. The molecule has 1 aliphatic rings. The molecule has 1 fully saturated rings. The molecule has 0 aromatic heterocycles. The van der Waals surface area contributed by atoms with Gasteiger partial charge in [0.15, 0.2) is 0 Å². The Balaban J connectivity index is 1.93. The third kappa shape index (κ3) is 3.37. The lowest BCUT2D eigenvalue weighted by atomic mass is 10.1. The Hall–Kier alpha value is -0.770. The molecular formula is C14H19ClO3. The lowest BCUT2D eigenvalue weighted by Gasteiger charge is -2.17. The predicted octanol–water partition coefficient (Wildman–Crippen LogP) is 1.98. The fraction of sp³-hybridized carbons (Fsp3) is 0.571. The summed E-state index contributed by atoms with van der Waals surface area (Å²) >= 11 is 6.02. The highest BCUT2D eigenvalue weighted by Gasteiger charge is 2.32. The van der Waals surface area contributed by atoms with Crippen molar-refractivity contribution in [2.75, 3.05) is 13.2 Å². The third-order valence-electron chi connectivity index (χ3n) is 3.41. The summed E-state index contributed by atoms with van der Waals surface area (Å²) in [7, 11) is 0. The molecule has 1 saturated carbocycles. The number of rotatable bonds is 5. The molecule has 1 aromatic rings. The number of aliphatic hydroxyl groups is 2. The maximum absolute atomic E-state index is 9.81. The van der Waals surface area contributed by atoms with E-state index >= 15 is 0 Å². The van der Waals surface area contributed by atoms with Crippen molar-refractivity contribution in [3.05, 3.63) is 29.8 Å². The molecule has 0 unspecified atom stereocenters. The normalized spacial score (nSPS) is 27.4. The van der Waals surface area contributed by atoms with Crippen LogP contribution in [0.3, 0.4) is 0 Å². The van der Waals surface area contributed by atoms with Crippen LogP contribution in [0.25, 0.3) is 0 Å². The largest absolute Gasteiger partial charge is 0.493 e. The molecule has 3 atom stereocenters. The highest BCUT2D eigenvalue weighted by molar-refractivity contribution is 6.20. The van der Waals surface area contributed by atoms with E-state index in [1.54, 1.807) is 0 Å². The monoisotopic (exact) mass is 270 g/mol. The first-order valence-corrected chi connectivity index (χ1v) is 6.78. The molecule has 0 amide bonds. The van der Waals surface area contributed by atoms with Gasteiger partial charge in [0.2, 0.25) is 0 Å². The Morgan fingerprint density at radius 3 is 2.72 bits per heavy atom. The molecule has 4 heteroatoms. The van der Waals surface area contributed by atoms with Crippen molar-refractivity contribution >= 4 is 11.6 Å². The van der Waals surface area contributed by atoms with Gasteiger partial charge in [-0.15, -0.1) is 11.6 Å². The number of benzene rings is 1. The van der Waals surface area contributed by atoms with Gasteiger partial charge in [-0.1, -0.05) is 18.2 Å². The molecule has 1 aliphatic carbocycles. The van der Waals surface area contributed by atoms with E-state index in [1.807, 2.05) is 24.3 Å². The molecule has 0 aliphatic heterocycles. The molecule has 0 radical (unpaired) electrons. The van der Waals surface area contributed by atoms with E-state index in [4.69, 9.17) is 21.4 Å². The van der Waals surface area contributed by atoms with Crippen molar-refractivity contribution in [1.29, 1.82) is 0 Å². The zero-order valence-corrected chi connectivity index (χ0v) is 11.0. The third-order valence-corrected chi connectivity index (χ3v) is 3.76. The second-order valence-corrected chi connectivity index (χ2v) is 5.41. The van der Waals surface area contributed by atoms with Crippen LogP contribution in [0.4, 0.5) is 0 Å². The van der Waals surface area contributed by atoms with Crippen LogP contribution in [-0.2, 0) is 6.42 Å². The lowest BCUT2D eigenvalue weighted by molar-refractivity contribution is 0.0981. The molecule has 0 heterocycles. The van der Waals surface area contributed by atoms with Gasteiger partial charge in [-0.2, -0.15) is 0 Å². The summed E-state index contributed by atoms with van der Waals surface area (Å²) < 4.78 is 5.76. The highest BCUT2D eigenvalue weighted by Crippen LogP contribution is 2.31. The van der Waals surface area contributed by atoms with Crippen LogP contribution in [0.2, 0.25) is 0 Å². The van der Waals surface area contributed by atoms with E-state index in [1.165, 1.54) is 0 Å². The van der Waals surface area contributed by atoms with Crippen LogP contribution >= 0.6 is 11.6 Å². The fourth-order valence-electron chi connectivity index (χ4n) is 2.38. The van der Waals surface area contributed by atoms with E-state index in [9.17, 15) is 5.11 Å². The standard InChI is InChI=1S/C14H19ClO3/c15-12-7-11(13(17)8-12)9-18-14-4-2-1-3-10(14)5-6-16/h1-4,11-13,16-17H,5-9H2/t11-,12-,13+/m0/s1. The number of para-hydroxylation sites is 1. The van der Waals surface area contributed by atoms with Crippen molar-refractivity contribution in [2.24, 2.45) is 5.92 Å². The summed E-state index contributed by atoms with van der Waals surface area (Å²) in [5.41, 5.74) is 0.995. The number of ether oxygens (including phenoxy) is 1. The Morgan fingerprint density at radius 2 is 2.06 bits per heavy atom. The van der Waals surface area contributed by atoms with Gasteiger partial charge in [-0.25, -0.2) is 0 Å². The second kappa shape index (κ2) is 6.41. The summed E-state index contributed by atoms with van der Waals surface area (Å²) in [4.78, 5) is 0. The van der Waals surface area contributed by atoms with Crippen LogP contribution in [0.15, 0.2) is 24.3 Å². The van der Waals surface area contributed by atoms with Gasteiger partial charge in [0, 0.05) is 17.9 Å². The molecular weight excluding hydrogens is 252 g/mol. The minimum absolute atomic E-state index is 0.0567. The van der Waals surface area contributed by atoms with E-state index in [2.05, 4.69) is 0 Å². The summed E-state index contributed by atoms with van der Waals surface area (Å²) in [6.45, 7) is 0.586. The molecule has 1 aromatic carbocycles. The summed E-state index contributed by atoms with van der Waals surface area (Å²) in [5, 5.41) is 18.9. The number of alkyl halides is 1. The van der Waals surface area contributed by atoms with Crippen LogP contribution < -0.4 is 4.74 Å². The molecule has 100 valence electrons. The minimum Gasteiger partial charge on any atom is -0.493 e. The zero-order valence-electron chi connectivity index (χ0n) is 10.3. The first-order chi connectivity index (χ1) is 8.70. The first-order valence-electron chi connectivity index (χ1n) is 6.34. The fourth-order valence-corrected chi connectivity index (χ4v) is 2.80. The number of halogens is 1. The number of aliphatic hydroxyl groups excluding tert-OH is 2. The average molecular weight is 271 g/mol. The molecule has 2 N–H and O–H groups in total. The van der Waals surface area contributed by atoms with Gasteiger partial charge >= 0.3 is 0 Å². The van der Waals surface area contributed by atoms with E-state index in [-0.39, 0.29) is 24.0 Å². The maximum Gasteiger partial charge on any atom is 0.122 e. The second-order valence-electron chi connectivity index (χ2n) is 4.79. The van der Waals surface area contributed by atoms with Gasteiger partial charge in [-0.3, -0.25) is 0 Å². The van der Waals surface area contributed by atoms with Crippen LogP contribution in [-0.4, -0.2) is 34.9 Å². The molecule has 0 spiro atoms. The van der Waals surface area contributed by atoms with Gasteiger partial charge in [0.05, 0.1) is 12.7 Å². The van der Waals surface area contributed by atoms with Crippen molar-refractivity contribution in [3.63, 3.8) is 0 Å². The SMILES string of the molecule is OCCc1ccccc1OC[C@@H]1C[C@H](Cl)C[C@H]1O. The lowest BCUT2D eigenvalue weighted by Crippen LogP contribution is -2.20. The van der Waals surface area contributed by atoms with Crippen LogP contribution in [0.5, 0.6) is 5.75 Å². The van der Waals surface area contributed by atoms with Crippen LogP contribution in [0, 0.1) is 5.92 Å². The first kappa shape index (κ1) is 13.7. The van der Waals surface area contributed by atoms with Gasteiger partial charge in [-0.05, 0) is 30.9 Å². The molecule has 3 nitrogen and oxygen atoms in total. The van der Waals surface area contributed by atoms with Crippen molar-refractivity contribution in [1.82, 2.24) is 0 Å². The molecule has 0 saturated heterocycles. The van der Waals surface area contributed by atoms with Crippen LogP contribution in [0.1, 0.15) is 18.4 Å². The Kier molecular flexibility index (Phi) is 4.87. The van der Waals surface area contributed by atoms with Crippen molar-refractivity contribution in [2.45, 2.75) is 30.7 Å². The quantitative estimate of drug-likeness (QED) is 0.805. The van der Waals surface area contributed by atoms with Crippen molar-refractivity contribution in [3.8, 4) is 5.75 Å². The van der Waals surface area contributed by atoms with E-state index in [0.29, 0.717) is 19.4 Å². The number of hydrogen-bond donors (Lipinski definition) is 2. The highest BCUT2D eigenvalue weighted by atomic mass is 35.5. The minimum atomic E-state index is -0.363. The average Bonchev–Trinajstić information content (AvgIpc) is 2.67. The topological polar surface area (TPSA) is 49.7 Å². The summed E-state index contributed by atoms with van der Waals surface area (Å²) in [6.07, 6.45) is 1.66. The van der Waals surface area contributed by atoms with Gasteiger partial charge < -0.3 is 14.9 Å². The summed E-state index contributed by atoms with van der Waals surface area (Å²) in [5.74, 6) is 0.895. The van der Waals surface area contributed by atoms with Gasteiger partial charge in [0.1, 0.15) is 5.75 Å². The predicted molar refractivity (Wildman–Crippen MR) is 71.1 cm³/mol. The van der Waals surface area contributed by atoms with Crippen molar-refractivity contribution < 1.29 is 14.9 Å². The number of hydrogen-bond acceptors (Lipinski definition) is 3. The Labute approximate surface area is 112 Å². The maximum atomic E-state index is 9.81. The van der Waals surface area contributed by atoms with E-state index < -0.39 is 0 Å². The molecule has 18 heavy (non-hydrogen) atoms. The zero-order chi connectivity index (χ0) is 13.0. The molecule has 2 rings (SSSR count). The molecule has 0 bridgehead atoms. The Bertz CT molecular complexity index is 383. The smallest absolute Gasteiger partial charge is 0.122 e. The van der Waals surface area contributed by atoms with Gasteiger partial charge in [0.25, 0.3) is 0 Å². The summed E-state index contributed by atoms with van der Waals surface area (Å²) in [6, 6.07) is 7.67. The van der Waals surface area contributed by atoms with E-state index in [0.717, 1.165) is 17.7 Å².